The summed E-state index contributed by atoms with van der Waals surface area (Å²) in [7, 11) is 0. The molecule has 0 bridgehead atoms. The molecule has 0 amide bonds. The van der Waals surface area contributed by atoms with Crippen LogP contribution in [0.15, 0.2) is 12.1 Å². The van der Waals surface area contributed by atoms with Crippen molar-refractivity contribution >= 4 is 5.82 Å². The molecular formula is C16H21FN4O. The summed E-state index contributed by atoms with van der Waals surface area (Å²) in [5, 5.41) is 7.55. The molecule has 0 unspecified atom stereocenters. The van der Waals surface area contributed by atoms with Gasteiger partial charge in [-0.15, -0.1) is 0 Å². The number of nitrogens with zero attached hydrogens (tertiary/aromatic N) is 3. The predicted octanol–water partition coefficient (Wildman–Crippen LogP) is 3.39. The van der Waals surface area contributed by atoms with Gasteiger partial charge in [0, 0.05) is 18.7 Å². The zero-order chi connectivity index (χ0) is 15.7. The number of nitrogens with one attached hydrogen (secondary N) is 1. The molecular weight excluding hydrogens is 283 g/mol. The van der Waals surface area contributed by atoms with E-state index in [1.807, 2.05) is 18.5 Å². The summed E-state index contributed by atoms with van der Waals surface area (Å²) in [6.45, 7) is 7.42. The fourth-order valence-electron chi connectivity index (χ4n) is 2.76. The van der Waals surface area contributed by atoms with E-state index in [-0.39, 0.29) is 6.10 Å². The topological polar surface area (TPSA) is 52.0 Å². The molecule has 1 aliphatic rings. The number of halogens is 1. The second-order valence-electron chi connectivity index (χ2n) is 5.64. The van der Waals surface area contributed by atoms with Crippen molar-refractivity contribution in [1.82, 2.24) is 14.8 Å². The molecule has 3 rings (SSSR count). The van der Waals surface area contributed by atoms with E-state index in [2.05, 4.69) is 22.3 Å². The number of fused-ring (bicyclic) bond motifs is 1. The summed E-state index contributed by atoms with van der Waals surface area (Å²) in [5.74, 6) is 0.769. The Morgan fingerprint density at radius 3 is 3.00 bits per heavy atom. The van der Waals surface area contributed by atoms with Crippen LogP contribution < -0.4 is 10.1 Å². The van der Waals surface area contributed by atoms with Gasteiger partial charge >= 0.3 is 0 Å². The van der Waals surface area contributed by atoms with Crippen LogP contribution in [0.25, 0.3) is 11.3 Å². The molecule has 0 spiro atoms. The van der Waals surface area contributed by atoms with E-state index in [1.54, 1.807) is 12.1 Å². The summed E-state index contributed by atoms with van der Waals surface area (Å²) in [5.41, 5.74) is 1.89. The maximum atomic E-state index is 14.3. The molecule has 5 nitrogen and oxygen atoms in total. The number of rotatable bonds is 3. The highest BCUT2D eigenvalue weighted by Crippen LogP contribution is 2.33. The monoisotopic (exact) mass is 304 g/mol. The van der Waals surface area contributed by atoms with E-state index >= 15 is 0 Å². The van der Waals surface area contributed by atoms with Crippen LogP contribution >= 0.6 is 0 Å². The smallest absolute Gasteiger partial charge is 0.224 e. The quantitative estimate of drug-likeness (QED) is 0.883. The second-order valence-corrected chi connectivity index (χ2v) is 5.64. The molecule has 0 radical (unpaired) electrons. The van der Waals surface area contributed by atoms with Crippen molar-refractivity contribution in [3.05, 3.63) is 23.6 Å². The fraction of sp³-hybridized carbons (Fsp3) is 0.500. The molecule has 3 heterocycles. The van der Waals surface area contributed by atoms with Crippen LogP contribution in [-0.2, 0) is 6.54 Å². The Labute approximate surface area is 129 Å². The Balaban J connectivity index is 2.01. The van der Waals surface area contributed by atoms with Crippen LogP contribution in [0.1, 0.15) is 32.3 Å². The van der Waals surface area contributed by atoms with Crippen LogP contribution in [-0.4, -0.2) is 27.4 Å². The first kappa shape index (κ1) is 14.8. The third-order valence-corrected chi connectivity index (χ3v) is 3.89. The minimum Gasteiger partial charge on any atom is -0.475 e. The molecule has 2 aromatic heterocycles. The molecule has 0 aromatic carbocycles. The minimum atomic E-state index is -0.511. The Bertz CT molecular complexity index is 683. The molecule has 1 atom stereocenters. The third-order valence-electron chi connectivity index (χ3n) is 3.89. The molecule has 0 fully saturated rings. The van der Waals surface area contributed by atoms with Crippen molar-refractivity contribution in [3.8, 4) is 17.1 Å². The molecule has 0 saturated heterocycles. The summed E-state index contributed by atoms with van der Waals surface area (Å²) >= 11 is 0. The van der Waals surface area contributed by atoms with Crippen LogP contribution in [0, 0.1) is 12.9 Å². The molecule has 0 saturated carbocycles. The molecule has 22 heavy (non-hydrogen) atoms. The Morgan fingerprint density at radius 1 is 1.45 bits per heavy atom. The highest BCUT2D eigenvalue weighted by atomic mass is 19.1. The van der Waals surface area contributed by atoms with Gasteiger partial charge in [-0.2, -0.15) is 9.49 Å². The van der Waals surface area contributed by atoms with Gasteiger partial charge in [0.2, 0.25) is 11.8 Å². The lowest BCUT2D eigenvalue weighted by Gasteiger charge is -2.11. The number of hydrogen-bond donors (Lipinski definition) is 1. The van der Waals surface area contributed by atoms with E-state index in [0.29, 0.717) is 23.6 Å². The standard InChI is InChI=1S/C16H21FN4O/c1-4-18-13-8-7-12(15(17)19-13)14-11(3)16-21(20-14)9-5-6-10(2)22-16/h7-8,10H,4-6,9H2,1-3H3,(H,18,19)/t10-/m1/s1. The minimum absolute atomic E-state index is 0.156. The van der Waals surface area contributed by atoms with Gasteiger partial charge in [0.25, 0.3) is 0 Å². The summed E-state index contributed by atoms with van der Waals surface area (Å²) in [6, 6.07) is 3.49. The van der Waals surface area contributed by atoms with Gasteiger partial charge in [0.05, 0.1) is 11.7 Å². The molecule has 2 aromatic rings. The van der Waals surface area contributed by atoms with Crippen LogP contribution in [0.2, 0.25) is 0 Å². The van der Waals surface area contributed by atoms with Gasteiger partial charge in [-0.1, -0.05) is 0 Å². The largest absolute Gasteiger partial charge is 0.475 e. The Kier molecular flexibility index (Phi) is 4.00. The van der Waals surface area contributed by atoms with E-state index in [4.69, 9.17) is 4.74 Å². The average molecular weight is 304 g/mol. The first-order valence-corrected chi connectivity index (χ1v) is 7.75. The maximum Gasteiger partial charge on any atom is 0.224 e. The summed E-state index contributed by atoms with van der Waals surface area (Å²) < 4.78 is 22.1. The van der Waals surface area contributed by atoms with Crippen molar-refractivity contribution in [3.63, 3.8) is 0 Å². The number of ether oxygens (including phenoxy) is 1. The average Bonchev–Trinajstić information content (AvgIpc) is 2.67. The van der Waals surface area contributed by atoms with Crippen molar-refractivity contribution in [2.75, 3.05) is 11.9 Å². The van der Waals surface area contributed by atoms with Crippen molar-refractivity contribution in [1.29, 1.82) is 0 Å². The van der Waals surface area contributed by atoms with E-state index in [0.717, 1.165) is 30.8 Å². The number of pyridine rings is 1. The Morgan fingerprint density at radius 2 is 2.27 bits per heavy atom. The van der Waals surface area contributed by atoms with Gasteiger partial charge in [-0.25, -0.2) is 9.67 Å². The van der Waals surface area contributed by atoms with Crippen LogP contribution in [0.4, 0.5) is 10.2 Å². The van der Waals surface area contributed by atoms with Crippen LogP contribution in [0.3, 0.4) is 0 Å². The zero-order valence-electron chi connectivity index (χ0n) is 13.2. The number of aryl methyl sites for hydroxylation is 1. The third kappa shape index (κ3) is 2.65. The van der Waals surface area contributed by atoms with Crippen molar-refractivity contribution in [2.24, 2.45) is 0 Å². The second kappa shape index (κ2) is 5.94. The number of anilines is 1. The normalized spacial score (nSPS) is 17.5. The van der Waals surface area contributed by atoms with Gasteiger partial charge in [-0.05, 0) is 45.7 Å². The lowest BCUT2D eigenvalue weighted by molar-refractivity contribution is 0.207. The fourth-order valence-corrected chi connectivity index (χ4v) is 2.76. The van der Waals surface area contributed by atoms with E-state index in [1.165, 1.54) is 0 Å². The molecule has 0 aliphatic carbocycles. The summed E-state index contributed by atoms with van der Waals surface area (Å²) in [6.07, 6.45) is 2.17. The number of hydrogen-bond acceptors (Lipinski definition) is 4. The molecule has 1 aliphatic heterocycles. The van der Waals surface area contributed by atoms with E-state index < -0.39 is 5.95 Å². The first-order chi connectivity index (χ1) is 10.6. The van der Waals surface area contributed by atoms with Gasteiger partial charge in [0.1, 0.15) is 11.5 Å². The van der Waals surface area contributed by atoms with E-state index in [9.17, 15) is 4.39 Å². The van der Waals surface area contributed by atoms with Crippen molar-refractivity contribution < 1.29 is 9.13 Å². The Hall–Kier alpha value is -2.11. The lowest BCUT2D eigenvalue weighted by atomic mass is 10.1. The highest BCUT2D eigenvalue weighted by molar-refractivity contribution is 5.66. The summed E-state index contributed by atoms with van der Waals surface area (Å²) in [4.78, 5) is 3.95. The molecule has 6 heteroatoms. The molecule has 1 N–H and O–H groups in total. The van der Waals surface area contributed by atoms with Gasteiger partial charge in [-0.3, -0.25) is 0 Å². The van der Waals surface area contributed by atoms with Gasteiger partial charge in [0.15, 0.2) is 0 Å². The van der Waals surface area contributed by atoms with Gasteiger partial charge < -0.3 is 10.1 Å². The zero-order valence-corrected chi connectivity index (χ0v) is 13.2. The maximum absolute atomic E-state index is 14.3. The predicted molar refractivity (Wildman–Crippen MR) is 83.6 cm³/mol. The lowest BCUT2D eigenvalue weighted by Crippen LogP contribution is -2.10. The molecule has 118 valence electrons. The SMILES string of the molecule is CCNc1ccc(-c2nn3c(c2C)O[C@H](C)CCC3)c(F)n1. The highest BCUT2D eigenvalue weighted by Gasteiger charge is 2.23. The first-order valence-electron chi connectivity index (χ1n) is 7.75. The number of aromatic nitrogens is 3. The van der Waals surface area contributed by atoms with Crippen LogP contribution in [0.5, 0.6) is 5.88 Å². The van der Waals surface area contributed by atoms with Crippen molar-refractivity contribution in [2.45, 2.75) is 46.3 Å².